The van der Waals surface area contributed by atoms with Gasteiger partial charge in [0.15, 0.2) is 0 Å². The number of amides is 1. The van der Waals surface area contributed by atoms with Crippen molar-refractivity contribution in [2.24, 2.45) is 0 Å². The molecule has 3 aromatic rings. The molecular formula is C16H11N5O3S. The van der Waals surface area contributed by atoms with Gasteiger partial charge in [-0.3, -0.25) is 19.9 Å². The summed E-state index contributed by atoms with van der Waals surface area (Å²) in [4.78, 5) is 27.4. The fraction of sp³-hybridized carbons (Fsp3) is 0.0625. The molecule has 0 unspecified atom stereocenters. The molecule has 124 valence electrons. The first-order valence-corrected chi connectivity index (χ1v) is 7.84. The molecule has 2 N–H and O–H groups in total. The van der Waals surface area contributed by atoms with Crippen LogP contribution < -0.4 is 14.9 Å². The van der Waals surface area contributed by atoms with Gasteiger partial charge in [-0.1, -0.05) is 12.1 Å². The molecule has 0 bridgehead atoms. The number of carbonyl (C=O) groups is 1. The highest BCUT2D eigenvalue weighted by Gasteiger charge is 2.18. The number of ether oxygens (including phenoxy) is 1. The van der Waals surface area contributed by atoms with Crippen molar-refractivity contribution in [1.82, 2.24) is 15.2 Å². The Kier molecular flexibility index (Phi) is 4.54. The normalized spacial score (nSPS) is 10.1. The minimum Gasteiger partial charge on any atom is -0.495 e. The number of pyridine rings is 1. The number of carbonyl (C=O) groups excluding carboxylic acids is 1. The molecule has 2 heterocycles. The van der Waals surface area contributed by atoms with E-state index in [-0.39, 0.29) is 10.0 Å². The summed E-state index contributed by atoms with van der Waals surface area (Å²) in [6.07, 6.45) is 2.99. The van der Waals surface area contributed by atoms with Crippen molar-refractivity contribution in [2.75, 3.05) is 12.4 Å². The van der Waals surface area contributed by atoms with Crippen LogP contribution in [0, 0.1) is 11.3 Å². The molecule has 1 amide bonds. The first-order valence-electron chi connectivity index (χ1n) is 7.02. The molecule has 0 aliphatic heterocycles. The van der Waals surface area contributed by atoms with Crippen LogP contribution in [-0.4, -0.2) is 28.2 Å². The zero-order valence-electron chi connectivity index (χ0n) is 12.9. The highest BCUT2D eigenvalue weighted by molar-refractivity contribution is 7.13. The van der Waals surface area contributed by atoms with E-state index in [2.05, 4.69) is 26.6 Å². The maximum Gasteiger partial charge on any atom is 0.324 e. The molecule has 0 saturated carbocycles. The molecule has 0 aliphatic rings. The van der Waals surface area contributed by atoms with Gasteiger partial charge in [0, 0.05) is 23.5 Å². The first kappa shape index (κ1) is 16.4. The molecule has 3 rings (SSSR count). The minimum absolute atomic E-state index is 0.163. The van der Waals surface area contributed by atoms with E-state index in [0.717, 1.165) is 11.3 Å². The van der Waals surface area contributed by atoms with Crippen molar-refractivity contribution in [2.45, 2.75) is 0 Å². The average molecular weight is 353 g/mol. The second-order valence-corrected chi connectivity index (χ2v) is 5.75. The van der Waals surface area contributed by atoms with Crippen molar-refractivity contribution in [3.8, 4) is 22.9 Å². The Morgan fingerprint density at radius 3 is 2.88 bits per heavy atom. The number of methoxy groups -OCH3 is 1. The van der Waals surface area contributed by atoms with Gasteiger partial charge in [-0.15, -0.1) is 5.10 Å². The van der Waals surface area contributed by atoms with E-state index in [1.54, 1.807) is 24.3 Å². The standard InChI is InChI=1S/C16H11N5O3S/c1-24-13-9(7-17)3-2-4-10(13)12-8-18-6-5-11(12)14(22)19-15-20-21-16(23)25-15/h2-6,8H,1H3,(H,21,23)(H,19,20,22). The summed E-state index contributed by atoms with van der Waals surface area (Å²) in [6, 6.07) is 8.66. The molecule has 0 aliphatic carbocycles. The SMILES string of the molecule is COc1c(C#N)cccc1-c1cnccc1C(=O)Nc1n[nH]c(=O)s1. The van der Waals surface area contributed by atoms with E-state index in [0.29, 0.717) is 28.0 Å². The number of nitrogens with one attached hydrogen (secondary N) is 2. The van der Waals surface area contributed by atoms with E-state index >= 15 is 0 Å². The van der Waals surface area contributed by atoms with Gasteiger partial charge in [-0.2, -0.15) is 5.26 Å². The third-order valence-electron chi connectivity index (χ3n) is 3.35. The predicted octanol–water partition coefficient (Wildman–Crippen LogP) is 2.03. The molecule has 2 aromatic heterocycles. The van der Waals surface area contributed by atoms with Gasteiger partial charge in [0.05, 0.1) is 18.2 Å². The molecule has 8 nitrogen and oxygen atoms in total. The highest BCUT2D eigenvalue weighted by atomic mass is 32.1. The number of nitrogens with zero attached hydrogens (tertiary/aromatic N) is 3. The molecule has 0 radical (unpaired) electrons. The number of rotatable bonds is 4. The third-order valence-corrected chi connectivity index (χ3v) is 4.02. The largest absolute Gasteiger partial charge is 0.495 e. The maximum absolute atomic E-state index is 12.6. The predicted molar refractivity (Wildman–Crippen MR) is 91.6 cm³/mol. The van der Waals surface area contributed by atoms with Crippen LogP contribution in [0.5, 0.6) is 5.75 Å². The van der Waals surface area contributed by atoms with Crippen LogP contribution >= 0.6 is 11.3 Å². The summed E-state index contributed by atoms with van der Waals surface area (Å²) in [5.41, 5.74) is 1.72. The van der Waals surface area contributed by atoms with Crippen LogP contribution in [0.4, 0.5) is 5.13 Å². The summed E-state index contributed by atoms with van der Waals surface area (Å²) in [5.74, 6) is -0.0963. The van der Waals surface area contributed by atoms with Crippen molar-refractivity contribution in [3.63, 3.8) is 0 Å². The Hall–Kier alpha value is -3.51. The van der Waals surface area contributed by atoms with Crippen LogP contribution in [0.25, 0.3) is 11.1 Å². The Labute approximate surface area is 145 Å². The quantitative estimate of drug-likeness (QED) is 0.740. The summed E-state index contributed by atoms with van der Waals surface area (Å²) in [5, 5.41) is 17.9. The summed E-state index contributed by atoms with van der Waals surface area (Å²) < 4.78 is 5.34. The molecule has 0 fully saturated rings. The number of aromatic nitrogens is 3. The van der Waals surface area contributed by atoms with Gasteiger partial charge in [0.2, 0.25) is 5.13 Å². The number of benzene rings is 1. The molecule has 0 saturated heterocycles. The van der Waals surface area contributed by atoms with Crippen LogP contribution in [0.1, 0.15) is 15.9 Å². The zero-order valence-corrected chi connectivity index (χ0v) is 13.8. The van der Waals surface area contributed by atoms with Gasteiger partial charge >= 0.3 is 4.87 Å². The Balaban J connectivity index is 2.07. The lowest BCUT2D eigenvalue weighted by atomic mass is 9.98. The maximum atomic E-state index is 12.6. The van der Waals surface area contributed by atoms with Gasteiger partial charge in [0.1, 0.15) is 11.8 Å². The van der Waals surface area contributed by atoms with Gasteiger partial charge < -0.3 is 4.74 Å². The Morgan fingerprint density at radius 1 is 1.36 bits per heavy atom. The lowest BCUT2D eigenvalue weighted by Gasteiger charge is -2.13. The van der Waals surface area contributed by atoms with Crippen LogP contribution in [0.3, 0.4) is 0 Å². The second kappa shape index (κ2) is 6.94. The van der Waals surface area contributed by atoms with Crippen molar-refractivity contribution in [1.29, 1.82) is 5.26 Å². The van der Waals surface area contributed by atoms with E-state index in [1.165, 1.54) is 19.5 Å². The highest BCUT2D eigenvalue weighted by Crippen LogP contribution is 2.34. The van der Waals surface area contributed by atoms with Gasteiger partial charge in [-0.25, -0.2) is 5.10 Å². The number of aromatic amines is 1. The van der Waals surface area contributed by atoms with Crippen molar-refractivity contribution >= 4 is 22.4 Å². The zero-order chi connectivity index (χ0) is 17.8. The van der Waals surface area contributed by atoms with E-state index in [1.807, 2.05) is 0 Å². The molecule has 0 atom stereocenters. The lowest BCUT2D eigenvalue weighted by molar-refractivity contribution is 0.102. The molecular weight excluding hydrogens is 342 g/mol. The number of hydrogen-bond acceptors (Lipinski definition) is 7. The number of hydrogen-bond donors (Lipinski definition) is 2. The fourth-order valence-electron chi connectivity index (χ4n) is 2.31. The Bertz CT molecular complexity index is 1030. The van der Waals surface area contributed by atoms with Crippen LogP contribution in [0.2, 0.25) is 0 Å². The average Bonchev–Trinajstić information content (AvgIpc) is 3.05. The molecule has 0 spiro atoms. The minimum atomic E-state index is -0.454. The summed E-state index contributed by atoms with van der Waals surface area (Å²) >= 11 is 0.789. The smallest absolute Gasteiger partial charge is 0.324 e. The fourth-order valence-corrected chi connectivity index (χ4v) is 2.81. The number of H-pyrrole nitrogens is 1. The van der Waals surface area contributed by atoms with Crippen LogP contribution in [-0.2, 0) is 0 Å². The van der Waals surface area contributed by atoms with E-state index in [9.17, 15) is 14.9 Å². The first-order chi connectivity index (χ1) is 12.1. The van der Waals surface area contributed by atoms with Crippen molar-refractivity contribution < 1.29 is 9.53 Å². The third kappa shape index (κ3) is 3.24. The molecule has 9 heteroatoms. The monoisotopic (exact) mass is 353 g/mol. The van der Waals surface area contributed by atoms with E-state index in [4.69, 9.17) is 4.74 Å². The van der Waals surface area contributed by atoms with Crippen LogP contribution in [0.15, 0.2) is 41.5 Å². The molecule has 25 heavy (non-hydrogen) atoms. The second-order valence-electron chi connectivity index (χ2n) is 4.79. The van der Waals surface area contributed by atoms with E-state index < -0.39 is 5.91 Å². The Morgan fingerprint density at radius 2 is 2.20 bits per heavy atom. The number of anilines is 1. The number of para-hydroxylation sites is 1. The summed E-state index contributed by atoms with van der Waals surface area (Å²) in [7, 11) is 1.46. The molecule has 1 aromatic carbocycles. The van der Waals surface area contributed by atoms with Gasteiger partial charge in [-0.05, 0) is 23.5 Å². The lowest BCUT2D eigenvalue weighted by Crippen LogP contribution is -2.13. The van der Waals surface area contributed by atoms with Crippen molar-refractivity contribution in [3.05, 3.63) is 57.5 Å². The van der Waals surface area contributed by atoms with Gasteiger partial charge in [0.25, 0.3) is 5.91 Å². The summed E-state index contributed by atoms with van der Waals surface area (Å²) in [6.45, 7) is 0. The number of nitriles is 1. The topological polar surface area (TPSA) is 121 Å².